The fourth-order valence-corrected chi connectivity index (χ4v) is 2.42. The average Bonchev–Trinajstić information content (AvgIpc) is 3.28. The number of nitro benzene ring substituents is 1. The third-order valence-corrected chi connectivity index (χ3v) is 4.10. The smallest absolute Gasteiger partial charge is 0.282 e. The van der Waals surface area contributed by atoms with Crippen molar-refractivity contribution in [3.05, 3.63) is 33.9 Å². The first-order valence-electron chi connectivity index (χ1n) is 6.39. The summed E-state index contributed by atoms with van der Waals surface area (Å²) in [5.41, 5.74) is 5.81. The first-order valence-corrected chi connectivity index (χ1v) is 7.61. The predicted octanol–water partition coefficient (Wildman–Crippen LogP) is 1.78. The Labute approximate surface area is 121 Å². The number of hydrogen-bond donors (Lipinski definition) is 2. The van der Waals surface area contributed by atoms with E-state index in [4.69, 9.17) is 5.73 Å². The van der Waals surface area contributed by atoms with Crippen molar-refractivity contribution in [1.29, 1.82) is 0 Å². The number of nitrogens with one attached hydrogen (secondary N) is 1. The molecule has 0 aromatic heterocycles. The second kappa shape index (κ2) is 6.23. The molecule has 2 rings (SSSR count). The summed E-state index contributed by atoms with van der Waals surface area (Å²) >= 11 is 1.43. The molecule has 1 unspecified atom stereocenters. The molecule has 20 heavy (non-hydrogen) atoms. The summed E-state index contributed by atoms with van der Waals surface area (Å²) in [5.74, 6) is 0.0338. The molecule has 3 N–H and O–H groups in total. The van der Waals surface area contributed by atoms with Crippen molar-refractivity contribution in [2.45, 2.75) is 23.8 Å². The molecular formula is C13H17N3O3S. The lowest BCUT2D eigenvalue weighted by Gasteiger charge is -2.12. The summed E-state index contributed by atoms with van der Waals surface area (Å²) in [6.07, 6.45) is 4.05. The topological polar surface area (TPSA) is 98.3 Å². The van der Waals surface area contributed by atoms with Gasteiger partial charge in [-0.3, -0.25) is 14.9 Å². The van der Waals surface area contributed by atoms with Crippen molar-refractivity contribution in [3.8, 4) is 0 Å². The third-order valence-electron chi connectivity index (χ3n) is 3.37. The van der Waals surface area contributed by atoms with Crippen LogP contribution in [0.1, 0.15) is 23.2 Å². The average molecular weight is 295 g/mol. The summed E-state index contributed by atoms with van der Waals surface area (Å²) in [5, 5.41) is 13.7. The summed E-state index contributed by atoms with van der Waals surface area (Å²) in [6.45, 7) is 0.351. The molecule has 0 heterocycles. The van der Waals surface area contributed by atoms with Crippen molar-refractivity contribution in [3.63, 3.8) is 0 Å². The van der Waals surface area contributed by atoms with Gasteiger partial charge in [0.25, 0.3) is 11.6 Å². The van der Waals surface area contributed by atoms with Crippen molar-refractivity contribution in [1.82, 2.24) is 5.32 Å². The molecule has 0 saturated heterocycles. The Morgan fingerprint density at radius 2 is 2.30 bits per heavy atom. The molecule has 7 heteroatoms. The number of amides is 1. The molecule has 1 atom stereocenters. The molecule has 0 radical (unpaired) electrons. The van der Waals surface area contributed by atoms with Gasteiger partial charge >= 0.3 is 0 Å². The molecule has 1 aromatic carbocycles. The van der Waals surface area contributed by atoms with Crippen LogP contribution in [0.4, 0.5) is 5.69 Å². The Balaban J connectivity index is 2.11. The normalized spacial score (nSPS) is 15.7. The molecule has 108 valence electrons. The van der Waals surface area contributed by atoms with Crippen molar-refractivity contribution < 1.29 is 9.72 Å². The van der Waals surface area contributed by atoms with Crippen LogP contribution >= 0.6 is 11.8 Å². The summed E-state index contributed by atoms with van der Waals surface area (Å²) < 4.78 is 0. The lowest BCUT2D eigenvalue weighted by atomic mass is 10.1. The second-order valence-corrected chi connectivity index (χ2v) is 5.73. The molecule has 1 aromatic rings. The summed E-state index contributed by atoms with van der Waals surface area (Å²) in [4.78, 5) is 23.4. The maximum atomic E-state index is 12.1. The van der Waals surface area contributed by atoms with Crippen LogP contribution < -0.4 is 11.1 Å². The minimum atomic E-state index is -0.542. The van der Waals surface area contributed by atoms with Gasteiger partial charge in [-0.05, 0) is 37.1 Å². The molecule has 1 aliphatic rings. The van der Waals surface area contributed by atoms with Crippen LogP contribution in [0, 0.1) is 16.0 Å². The van der Waals surface area contributed by atoms with E-state index in [1.807, 2.05) is 6.26 Å². The van der Waals surface area contributed by atoms with Gasteiger partial charge in [0.1, 0.15) is 5.56 Å². The van der Waals surface area contributed by atoms with Crippen LogP contribution in [0.5, 0.6) is 0 Å². The van der Waals surface area contributed by atoms with Crippen molar-refractivity contribution in [2.24, 2.45) is 11.7 Å². The van der Waals surface area contributed by atoms with Crippen molar-refractivity contribution in [2.75, 3.05) is 12.8 Å². The van der Waals surface area contributed by atoms with Crippen LogP contribution in [0.2, 0.25) is 0 Å². The lowest BCUT2D eigenvalue weighted by molar-refractivity contribution is -0.385. The van der Waals surface area contributed by atoms with Crippen LogP contribution in [0.15, 0.2) is 23.1 Å². The largest absolute Gasteiger partial charge is 0.350 e. The van der Waals surface area contributed by atoms with Gasteiger partial charge in [-0.2, -0.15) is 0 Å². The number of thioether (sulfide) groups is 1. The molecule has 1 aliphatic carbocycles. The molecule has 1 amide bonds. The van der Waals surface area contributed by atoms with Crippen LogP contribution in [0.25, 0.3) is 0 Å². The van der Waals surface area contributed by atoms with E-state index >= 15 is 0 Å². The fraction of sp³-hybridized carbons (Fsp3) is 0.462. The maximum absolute atomic E-state index is 12.1. The van der Waals surface area contributed by atoms with Crippen molar-refractivity contribution >= 4 is 23.4 Å². The molecular weight excluding hydrogens is 278 g/mol. The Kier molecular flexibility index (Phi) is 4.61. The van der Waals surface area contributed by atoms with E-state index in [0.29, 0.717) is 12.5 Å². The van der Waals surface area contributed by atoms with E-state index in [0.717, 1.165) is 17.7 Å². The zero-order chi connectivity index (χ0) is 14.7. The van der Waals surface area contributed by atoms with E-state index in [1.165, 1.54) is 17.8 Å². The number of benzene rings is 1. The van der Waals surface area contributed by atoms with E-state index in [2.05, 4.69) is 5.32 Å². The Morgan fingerprint density at radius 3 is 2.85 bits per heavy atom. The highest BCUT2D eigenvalue weighted by atomic mass is 32.2. The first kappa shape index (κ1) is 14.8. The molecule has 6 nitrogen and oxygen atoms in total. The number of carbonyl (C=O) groups is 1. The quantitative estimate of drug-likeness (QED) is 0.473. The number of hydrogen-bond acceptors (Lipinski definition) is 5. The SMILES string of the molecule is CSc1ccc([N+](=O)[O-])c(C(=O)NCC(N)C2CC2)c1. The van der Waals surface area contributed by atoms with E-state index < -0.39 is 10.8 Å². The first-order chi connectivity index (χ1) is 9.52. The highest BCUT2D eigenvalue weighted by Gasteiger charge is 2.29. The van der Waals surface area contributed by atoms with Gasteiger partial charge < -0.3 is 11.1 Å². The molecule has 1 saturated carbocycles. The number of rotatable bonds is 6. The molecule has 0 spiro atoms. The minimum absolute atomic E-state index is 0.0678. The van der Waals surface area contributed by atoms with Gasteiger partial charge in [-0.25, -0.2) is 0 Å². The van der Waals surface area contributed by atoms with Gasteiger partial charge in [-0.15, -0.1) is 11.8 Å². The van der Waals surface area contributed by atoms with Crippen LogP contribution in [-0.2, 0) is 0 Å². The monoisotopic (exact) mass is 295 g/mol. The zero-order valence-corrected chi connectivity index (χ0v) is 12.0. The maximum Gasteiger partial charge on any atom is 0.282 e. The van der Waals surface area contributed by atoms with Gasteiger partial charge in [0, 0.05) is 23.5 Å². The predicted molar refractivity (Wildman–Crippen MR) is 77.9 cm³/mol. The van der Waals surface area contributed by atoms with Gasteiger partial charge in [0.05, 0.1) is 4.92 Å². The Hall–Kier alpha value is -1.60. The summed E-state index contributed by atoms with van der Waals surface area (Å²) in [6, 6.07) is 4.47. The number of nitrogens with zero attached hydrogens (tertiary/aromatic N) is 1. The fourth-order valence-electron chi connectivity index (χ4n) is 1.98. The number of nitrogens with two attached hydrogens (primary N) is 1. The highest BCUT2D eigenvalue weighted by molar-refractivity contribution is 7.98. The minimum Gasteiger partial charge on any atom is -0.350 e. The molecule has 0 aliphatic heterocycles. The van der Waals surface area contributed by atoms with E-state index in [1.54, 1.807) is 12.1 Å². The zero-order valence-electron chi connectivity index (χ0n) is 11.2. The van der Waals surface area contributed by atoms with E-state index in [9.17, 15) is 14.9 Å². The van der Waals surface area contributed by atoms with Gasteiger partial charge in [0.2, 0.25) is 0 Å². The number of nitro groups is 1. The van der Waals surface area contributed by atoms with Crippen LogP contribution in [-0.4, -0.2) is 29.7 Å². The number of carbonyl (C=O) groups excluding carboxylic acids is 1. The Morgan fingerprint density at radius 1 is 1.60 bits per heavy atom. The van der Waals surface area contributed by atoms with Gasteiger partial charge in [0.15, 0.2) is 0 Å². The summed E-state index contributed by atoms with van der Waals surface area (Å²) in [7, 11) is 0. The highest BCUT2D eigenvalue weighted by Crippen LogP contribution is 2.31. The Bertz CT molecular complexity index is 532. The van der Waals surface area contributed by atoms with E-state index in [-0.39, 0.29) is 17.3 Å². The third kappa shape index (κ3) is 3.49. The second-order valence-electron chi connectivity index (χ2n) is 4.85. The molecule has 0 bridgehead atoms. The standard InChI is InChI=1S/C13H17N3O3S/c1-20-9-4-5-12(16(18)19)10(6-9)13(17)15-7-11(14)8-2-3-8/h4-6,8,11H,2-3,7,14H2,1H3,(H,15,17). The lowest BCUT2D eigenvalue weighted by Crippen LogP contribution is -2.38. The van der Waals surface area contributed by atoms with Crippen LogP contribution in [0.3, 0.4) is 0 Å². The van der Waals surface area contributed by atoms with Gasteiger partial charge in [-0.1, -0.05) is 0 Å². The molecule has 1 fully saturated rings.